The molecule has 2 aliphatic rings. The van der Waals surface area contributed by atoms with E-state index in [9.17, 15) is 0 Å². The van der Waals surface area contributed by atoms with Gasteiger partial charge in [-0.15, -0.1) is 0 Å². The molecule has 0 amide bonds. The Hall–Kier alpha value is -3.94. The van der Waals surface area contributed by atoms with Crippen LogP contribution in [-0.2, 0) is 0 Å². The number of pyridine rings is 1. The zero-order chi connectivity index (χ0) is 22.5. The number of nitrogens with one attached hydrogen (secondary N) is 1. The molecule has 2 unspecified atom stereocenters. The second-order valence-corrected chi connectivity index (χ2v) is 10.8. The van der Waals surface area contributed by atoms with E-state index in [2.05, 4.69) is 118 Å². The van der Waals surface area contributed by atoms with E-state index >= 15 is 0 Å². The lowest BCUT2D eigenvalue weighted by molar-refractivity contribution is 0.819. The van der Waals surface area contributed by atoms with Gasteiger partial charge in [0.2, 0.25) is 0 Å². The van der Waals surface area contributed by atoms with Crippen molar-refractivity contribution in [3.63, 3.8) is 0 Å². The quantitative estimate of drug-likeness (QED) is 0.334. The summed E-state index contributed by atoms with van der Waals surface area (Å²) in [7, 11) is -0.763. The first kappa shape index (κ1) is 19.5. The maximum Gasteiger partial charge on any atom is 0.131 e. The minimum absolute atomic E-state index is 0.0729. The van der Waals surface area contributed by atoms with Crippen LogP contribution in [0.2, 0.25) is 0 Å². The molecule has 0 saturated carbocycles. The number of hydrogen-bond donors (Lipinski definition) is 1. The number of aromatic nitrogens is 1. The van der Waals surface area contributed by atoms with Crippen molar-refractivity contribution in [2.24, 2.45) is 0 Å². The molecule has 5 aromatic rings. The largest absolute Gasteiger partial charge is 0.359 e. The third kappa shape index (κ3) is 2.91. The van der Waals surface area contributed by atoms with Gasteiger partial charge >= 0.3 is 0 Å². The predicted octanol–water partition coefficient (Wildman–Crippen LogP) is 6.08. The van der Waals surface area contributed by atoms with E-state index in [-0.39, 0.29) is 6.17 Å². The molecule has 0 saturated heterocycles. The lowest BCUT2D eigenvalue weighted by atomic mass is 9.91. The molecule has 162 valence electrons. The molecule has 7 rings (SSSR count). The van der Waals surface area contributed by atoms with Crippen LogP contribution in [-0.4, -0.2) is 4.98 Å². The standard InChI is InChI=1S/C30H22N3P/c1-2-10-21(11-3-1)34(22-12-9-19-31-20-22)28-18-8-17-27-29(28)32-30-25-15-5-4-13-23(25)24-14-6-7-16-26(24)33(27)30/h1-20,30,32H. The summed E-state index contributed by atoms with van der Waals surface area (Å²) >= 11 is 0. The first-order valence-corrected chi connectivity index (χ1v) is 12.9. The highest BCUT2D eigenvalue weighted by atomic mass is 31.1. The number of benzene rings is 4. The van der Waals surface area contributed by atoms with Gasteiger partial charge in [0.1, 0.15) is 6.17 Å². The molecule has 0 radical (unpaired) electrons. The summed E-state index contributed by atoms with van der Waals surface area (Å²) in [5.41, 5.74) is 7.61. The van der Waals surface area contributed by atoms with Crippen molar-refractivity contribution in [2.45, 2.75) is 6.17 Å². The smallest absolute Gasteiger partial charge is 0.131 e. The Bertz CT molecular complexity index is 1460. The molecular formula is C30H22N3P. The van der Waals surface area contributed by atoms with Crippen LogP contribution in [0.5, 0.6) is 0 Å². The van der Waals surface area contributed by atoms with Gasteiger partial charge in [0.25, 0.3) is 0 Å². The van der Waals surface area contributed by atoms with Crippen molar-refractivity contribution in [1.82, 2.24) is 4.98 Å². The van der Waals surface area contributed by atoms with Gasteiger partial charge in [0, 0.05) is 34.1 Å². The van der Waals surface area contributed by atoms with E-state index in [1.54, 1.807) is 0 Å². The number of para-hydroxylation sites is 2. The van der Waals surface area contributed by atoms with Crippen molar-refractivity contribution in [3.05, 3.63) is 127 Å². The molecule has 2 aliphatic heterocycles. The summed E-state index contributed by atoms with van der Waals surface area (Å²) in [6, 6.07) is 39.3. The fourth-order valence-electron chi connectivity index (χ4n) is 5.27. The Kier molecular flexibility index (Phi) is 4.50. The van der Waals surface area contributed by atoms with Crippen molar-refractivity contribution >= 4 is 40.9 Å². The van der Waals surface area contributed by atoms with E-state index in [0.29, 0.717) is 0 Å². The van der Waals surface area contributed by atoms with E-state index < -0.39 is 7.92 Å². The summed E-state index contributed by atoms with van der Waals surface area (Å²) in [6.45, 7) is 0. The third-order valence-electron chi connectivity index (χ3n) is 6.69. The topological polar surface area (TPSA) is 28.2 Å². The average molecular weight is 456 g/mol. The summed E-state index contributed by atoms with van der Waals surface area (Å²) in [5.74, 6) is 0. The fraction of sp³-hybridized carbons (Fsp3) is 0.0333. The molecule has 0 spiro atoms. The van der Waals surface area contributed by atoms with Crippen LogP contribution in [0, 0.1) is 0 Å². The van der Waals surface area contributed by atoms with Crippen LogP contribution in [0.25, 0.3) is 11.1 Å². The normalized spacial score (nSPS) is 16.0. The van der Waals surface area contributed by atoms with Gasteiger partial charge in [-0.1, -0.05) is 91.0 Å². The van der Waals surface area contributed by atoms with Crippen LogP contribution in [0.15, 0.2) is 122 Å². The van der Waals surface area contributed by atoms with Gasteiger partial charge in [-0.3, -0.25) is 4.98 Å². The minimum atomic E-state index is -0.763. The molecule has 4 heteroatoms. The second-order valence-electron chi connectivity index (χ2n) is 8.57. The third-order valence-corrected chi connectivity index (χ3v) is 9.14. The molecule has 1 N–H and O–H groups in total. The maximum atomic E-state index is 4.47. The van der Waals surface area contributed by atoms with Gasteiger partial charge in [-0.2, -0.15) is 0 Å². The fourth-order valence-corrected chi connectivity index (χ4v) is 7.65. The van der Waals surface area contributed by atoms with Gasteiger partial charge in [0.05, 0.1) is 17.1 Å². The summed E-state index contributed by atoms with van der Waals surface area (Å²) in [4.78, 5) is 6.94. The molecule has 3 heterocycles. The maximum absolute atomic E-state index is 4.47. The average Bonchev–Trinajstić information content (AvgIpc) is 3.31. The van der Waals surface area contributed by atoms with Gasteiger partial charge in [-0.25, -0.2) is 0 Å². The van der Waals surface area contributed by atoms with E-state index in [1.807, 2.05) is 18.5 Å². The predicted molar refractivity (Wildman–Crippen MR) is 143 cm³/mol. The molecule has 0 aliphatic carbocycles. The monoisotopic (exact) mass is 455 g/mol. The van der Waals surface area contributed by atoms with Gasteiger partial charge < -0.3 is 10.2 Å². The molecule has 0 fully saturated rings. The summed E-state index contributed by atoms with van der Waals surface area (Å²) in [6.07, 6.45) is 3.94. The van der Waals surface area contributed by atoms with Crippen LogP contribution < -0.4 is 26.1 Å². The second kappa shape index (κ2) is 7.83. The first-order chi connectivity index (χ1) is 16.9. The molecule has 4 aromatic carbocycles. The molecule has 34 heavy (non-hydrogen) atoms. The molecular weight excluding hydrogens is 433 g/mol. The first-order valence-electron chi connectivity index (χ1n) is 11.5. The highest BCUT2D eigenvalue weighted by Gasteiger charge is 2.39. The number of hydrogen-bond acceptors (Lipinski definition) is 3. The highest BCUT2D eigenvalue weighted by molar-refractivity contribution is 7.80. The zero-order valence-corrected chi connectivity index (χ0v) is 19.4. The van der Waals surface area contributed by atoms with E-state index in [1.165, 1.54) is 49.7 Å². The summed E-state index contributed by atoms with van der Waals surface area (Å²) < 4.78 is 0. The molecule has 2 atom stereocenters. The number of anilines is 3. The van der Waals surface area contributed by atoms with Gasteiger partial charge in [0.15, 0.2) is 0 Å². The summed E-state index contributed by atoms with van der Waals surface area (Å²) in [5, 5.41) is 7.85. The lowest BCUT2D eigenvalue weighted by Gasteiger charge is -2.35. The van der Waals surface area contributed by atoms with Gasteiger partial charge in [-0.05, 0) is 37.0 Å². The van der Waals surface area contributed by atoms with Crippen LogP contribution in [0.1, 0.15) is 11.7 Å². The Labute approximate surface area is 200 Å². The van der Waals surface area contributed by atoms with Crippen LogP contribution in [0.4, 0.5) is 17.1 Å². The van der Waals surface area contributed by atoms with Crippen LogP contribution in [0.3, 0.4) is 0 Å². The number of rotatable bonds is 3. The Balaban J connectivity index is 1.45. The molecule has 1 aromatic heterocycles. The minimum Gasteiger partial charge on any atom is -0.359 e. The number of nitrogens with zero attached hydrogens (tertiary/aromatic N) is 2. The van der Waals surface area contributed by atoms with Crippen molar-refractivity contribution in [2.75, 3.05) is 10.2 Å². The van der Waals surface area contributed by atoms with E-state index in [0.717, 1.165) is 0 Å². The van der Waals surface area contributed by atoms with E-state index in [4.69, 9.17) is 0 Å². The number of fused-ring (bicyclic) bond motifs is 8. The van der Waals surface area contributed by atoms with Crippen LogP contribution >= 0.6 is 7.92 Å². The SMILES string of the molecule is c1ccc(P(c2cccnc2)c2cccc3c2NC2c4ccccc4-c4ccccc4N32)cc1. The Morgan fingerprint density at radius 2 is 1.38 bits per heavy atom. The van der Waals surface area contributed by atoms with Crippen molar-refractivity contribution in [3.8, 4) is 11.1 Å². The lowest BCUT2D eigenvalue weighted by Crippen LogP contribution is -2.27. The van der Waals surface area contributed by atoms with Crippen molar-refractivity contribution in [1.29, 1.82) is 0 Å². The highest BCUT2D eigenvalue weighted by Crippen LogP contribution is 2.54. The van der Waals surface area contributed by atoms with Crippen molar-refractivity contribution < 1.29 is 0 Å². The molecule has 3 nitrogen and oxygen atoms in total. The molecule has 0 bridgehead atoms. The Morgan fingerprint density at radius 3 is 2.24 bits per heavy atom. The Morgan fingerprint density at radius 1 is 0.647 bits per heavy atom. The zero-order valence-electron chi connectivity index (χ0n) is 18.5.